The van der Waals surface area contributed by atoms with Crippen molar-refractivity contribution in [2.24, 2.45) is 0 Å². The number of benzene rings is 2. The maximum Gasteiger partial charge on any atom is 0.262 e. The summed E-state index contributed by atoms with van der Waals surface area (Å²) in [7, 11) is 2.89. The molecule has 0 aromatic heterocycles. The first-order valence-electron chi connectivity index (χ1n) is 8.13. The van der Waals surface area contributed by atoms with Gasteiger partial charge >= 0.3 is 0 Å². The molecule has 0 saturated carbocycles. The molecule has 0 saturated heterocycles. The first kappa shape index (κ1) is 17.7. The SMILES string of the molecule is CNC(=O)[C@H]1CN(C(=O)Cc2ccc(OC)c(F)c2)c2ccccc2O1. The average molecular weight is 358 g/mol. The number of rotatable bonds is 4. The van der Waals surface area contributed by atoms with E-state index in [1.807, 2.05) is 0 Å². The predicted molar refractivity (Wildman–Crippen MR) is 93.9 cm³/mol. The lowest BCUT2D eigenvalue weighted by Gasteiger charge is -2.34. The van der Waals surface area contributed by atoms with Crippen molar-refractivity contribution in [3.05, 3.63) is 53.8 Å². The third-order valence-corrected chi connectivity index (χ3v) is 4.19. The van der Waals surface area contributed by atoms with E-state index in [9.17, 15) is 14.0 Å². The number of hydrogen-bond donors (Lipinski definition) is 1. The van der Waals surface area contributed by atoms with Crippen molar-refractivity contribution in [2.75, 3.05) is 25.6 Å². The fraction of sp³-hybridized carbons (Fsp3) is 0.263. The zero-order valence-corrected chi connectivity index (χ0v) is 14.5. The number of nitrogens with zero attached hydrogens (tertiary/aromatic N) is 1. The Morgan fingerprint density at radius 1 is 1.31 bits per heavy atom. The zero-order chi connectivity index (χ0) is 18.7. The molecule has 3 rings (SSSR count). The summed E-state index contributed by atoms with van der Waals surface area (Å²) >= 11 is 0. The van der Waals surface area contributed by atoms with E-state index in [0.29, 0.717) is 17.0 Å². The van der Waals surface area contributed by atoms with Crippen molar-refractivity contribution in [1.82, 2.24) is 5.32 Å². The van der Waals surface area contributed by atoms with E-state index in [-0.39, 0.29) is 30.5 Å². The molecule has 2 aromatic carbocycles. The van der Waals surface area contributed by atoms with Gasteiger partial charge in [-0.1, -0.05) is 18.2 Å². The summed E-state index contributed by atoms with van der Waals surface area (Å²) < 4.78 is 24.4. The molecule has 1 aliphatic heterocycles. The number of nitrogens with one attached hydrogen (secondary N) is 1. The third kappa shape index (κ3) is 3.46. The number of ether oxygens (including phenoxy) is 2. The highest BCUT2D eigenvalue weighted by atomic mass is 19.1. The molecule has 1 heterocycles. The van der Waals surface area contributed by atoms with Gasteiger partial charge in [-0.15, -0.1) is 0 Å². The van der Waals surface area contributed by atoms with E-state index in [0.717, 1.165) is 0 Å². The Balaban J connectivity index is 1.85. The zero-order valence-electron chi connectivity index (χ0n) is 14.5. The number of para-hydroxylation sites is 2. The summed E-state index contributed by atoms with van der Waals surface area (Å²) in [6.07, 6.45) is -0.804. The second-order valence-corrected chi connectivity index (χ2v) is 5.84. The molecule has 26 heavy (non-hydrogen) atoms. The normalized spacial score (nSPS) is 15.7. The summed E-state index contributed by atoms with van der Waals surface area (Å²) in [5, 5.41) is 2.53. The molecular weight excluding hydrogens is 339 g/mol. The van der Waals surface area contributed by atoms with Crippen molar-refractivity contribution in [1.29, 1.82) is 0 Å². The lowest BCUT2D eigenvalue weighted by atomic mass is 10.1. The Hall–Kier alpha value is -3.09. The van der Waals surface area contributed by atoms with E-state index in [1.54, 1.807) is 30.3 Å². The molecule has 6 nitrogen and oxygen atoms in total. The lowest BCUT2D eigenvalue weighted by molar-refractivity contribution is -0.127. The number of likely N-dealkylation sites (N-methyl/N-ethyl adjacent to an activating group) is 1. The minimum absolute atomic E-state index is 0.00425. The smallest absolute Gasteiger partial charge is 0.262 e. The Kier molecular flexibility index (Phi) is 5.06. The van der Waals surface area contributed by atoms with Crippen LogP contribution in [0.5, 0.6) is 11.5 Å². The number of amides is 2. The Bertz CT molecular complexity index is 840. The number of halogens is 1. The maximum atomic E-state index is 13.9. The van der Waals surface area contributed by atoms with Gasteiger partial charge in [-0.2, -0.15) is 0 Å². The van der Waals surface area contributed by atoms with Gasteiger partial charge in [0.15, 0.2) is 17.7 Å². The molecule has 136 valence electrons. The van der Waals surface area contributed by atoms with Crippen LogP contribution in [-0.2, 0) is 16.0 Å². The first-order chi connectivity index (χ1) is 12.5. The van der Waals surface area contributed by atoms with E-state index in [1.165, 1.54) is 31.2 Å². The minimum Gasteiger partial charge on any atom is -0.494 e. The molecular formula is C19H19FN2O4. The van der Waals surface area contributed by atoms with Crippen LogP contribution >= 0.6 is 0 Å². The summed E-state index contributed by atoms with van der Waals surface area (Å²) in [5.41, 5.74) is 1.11. The molecule has 0 aliphatic carbocycles. The summed E-state index contributed by atoms with van der Waals surface area (Å²) in [5.74, 6) is -0.505. The number of carbonyl (C=O) groups is 2. The van der Waals surface area contributed by atoms with Crippen LogP contribution in [-0.4, -0.2) is 38.6 Å². The minimum atomic E-state index is -0.800. The van der Waals surface area contributed by atoms with Crippen molar-refractivity contribution in [3.8, 4) is 11.5 Å². The Morgan fingerprint density at radius 2 is 2.08 bits per heavy atom. The van der Waals surface area contributed by atoms with Crippen LogP contribution in [0.25, 0.3) is 0 Å². The van der Waals surface area contributed by atoms with Gasteiger partial charge in [0.2, 0.25) is 5.91 Å². The molecule has 0 fully saturated rings. The van der Waals surface area contributed by atoms with E-state index in [2.05, 4.69) is 5.32 Å². The summed E-state index contributed by atoms with van der Waals surface area (Å²) in [4.78, 5) is 26.3. The maximum absolute atomic E-state index is 13.9. The van der Waals surface area contributed by atoms with Gasteiger partial charge in [0.25, 0.3) is 5.91 Å². The van der Waals surface area contributed by atoms with E-state index >= 15 is 0 Å². The van der Waals surface area contributed by atoms with Gasteiger partial charge in [0, 0.05) is 7.05 Å². The van der Waals surface area contributed by atoms with Gasteiger partial charge in [-0.3, -0.25) is 9.59 Å². The third-order valence-electron chi connectivity index (χ3n) is 4.19. The van der Waals surface area contributed by atoms with Crippen LogP contribution in [0.3, 0.4) is 0 Å². The number of hydrogen-bond acceptors (Lipinski definition) is 4. The second-order valence-electron chi connectivity index (χ2n) is 5.84. The molecule has 2 amide bonds. The topological polar surface area (TPSA) is 67.9 Å². The van der Waals surface area contributed by atoms with Crippen LogP contribution in [0, 0.1) is 5.82 Å². The molecule has 7 heteroatoms. The number of fused-ring (bicyclic) bond motifs is 1. The molecule has 1 atom stereocenters. The van der Waals surface area contributed by atoms with Gasteiger partial charge in [-0.05, 0) is 29.8 Å². The van der Waals surface area contributed by atoms with Crippen LogP contribution in [0.4, 0.5) is 10.1 Å². The highest BCUT2D eigenvalue weighted by Crippen LogP contribution is 2.33. The quantitative estimate of drug-likeness (QED) is 0.907. The Morgan fingerprint density at radius 3 is 2.77 bits per heavy atom. The first-order valence-corrected chi connectivity index (χ1v) is 8.13. The monoisotopic (exact) mass is 358 g/mol. The van der Waals surface area contributed by atoms with Gasteiger partial charge in [0.05, 0.1) is 25.8 Å². The Labute approximate surface area is 150 Å². The fourth-order valence-corrected chi connectivity index (χ4v) is 2.86. The summed E-state index contributed by atoms with van der Waals surface area (Å²) in [6.45, 7) is 0.0914. The highest BCUT2D eigenvalue weighted by Gasteiger charge is 2.33. The summed E-state index contributed by atoms with van der Waals surface area (Å²) in [6, 6.07) is 11.4. The molecule has 0 bridgehead atoms. The van der Waals surface area contributed by atoms with Crippen LogP contribution in [0.15, 0.2) is 42.5 Å². The van der Waals surface area contributed by atoms with Crippen molar-refractivity contribution >= 4 is 17.5 Å². The number of anilines is 1. The molecule has 2 aromatic rings. The van der Waals surface area contributed by atoms with Crippen LogP contribution in [0.2, 0.25) is 0 Å². The highest BCUT2D eigenvalue weighted by molar-refractivity contribution is 5.98. The largest absolute Gasteiger partial charge is 0.494 e. The van der Waals surface area contributed by atoms with Crippen molar-refractivity contribution in [2.45, 2.75) is 12.5 Å². The van der Waals surface area contributed by atoms with Gasteiger partial charge in [0.1, 0.15) is 5.75 Å². The standard InChI is InChI=1S/C19H19FN2O4/c1-21-19(24)17-11-22(14-5-3-4-6-16(14)26-17)18(23)10-12-7-8-15(25-2)13(20)9-12/h3-9,17H,10-11H2,1-2H3,(H,21,24)/t17-/m1/s1. The predicted octanol–water partition coefficient (Wildman–Crippen LogP) is 1.92. The van der Waals surface area contributed by atoms with Crippen molar-refractivity contribution in [3.63, 3.8) is 0 Å². The molecule has 0 radical (unpaired) electrons. The van der Waals surface area contributed by atoms with Crippen LogP contribution in [0.1, 0.15) is 5.56 Å². The molecule has 1 aliphatic rings. The number of methoxy groups -OCH3 is 1. The van der Waals surface area contributed by atoms with E-state index < -0.39 is 11.9 Å². The van der Waals surface area contributed by atoms with Gasteiger partial charge in [-0.25, -0.2) is 4.39 Å². The van der Waals surface area contributed by atoms with E-state index in [4.69, 9.17) is 9.47 Å². The lowest BCUT2D eigenvalue weighted by Crippen LogP contribution is -2.50. The molecule has 1 N–H and O–H groups in total. The van der Waals surface area contributed by atoms with Gasteiger partial charge < -0.3 is 19.7 Å². The van der Waals surface area contributed by atoms with Crippen molar-refractivity contribution < 1.29 is 23.5 Å². The van der Waals surface area contributed by atoms with Crippen LogP contribution < -0.4 is 19.7 Å². The average Bonchev–Trinajstić information content (AvgIpc) is 2.66. The number of carbonyl (C=O) groups excluding carboxylic acids is 2. The molecule has 0 unspecified atom stereocenters. The fourth-order valence-electron chi connectivity index (χ4n) is 2.86. The molecule has 0 spiro atoms. The second kappa shape index (κ2) is 7.43.